The van der Waals surface area contributed by atoms with Crippen LogP contribution in [0.5, 0.6) is 0 Å². The van der Waals surface area contributed by atoms with Gasteiger partial charge in [-0.25, -0.2) is 0 Å². The number of aliphatic carboxylic acids is 1. The predicted octanol–water partition coefficient (Wildman–Crippen LogP) is -2.43. The van der Waals surface area contributed by atoms with E-state index in [-0.39, 0.29) is 18.8 Å². The molecule has 9 N–H and O–H groups in total. The van der Waals surface area contributed by atoms with Gasteiger partial charge >= 0.3 is 5.97 Å². The topological polar surface area (TPSA) is 214 Å². The summed E-state index contributed by atoms with van der Waals surface area (Å²) in [4.78, 5) is 59.2. The number of carboxylic acids is 1. The molecule has 0 aliphatic rings. The SMILES string of the molecule is CC(C)CC(N)C(=O)NC(CCC(N)=O)C(=O)NC(C(=O)NC(C)C(=O)O)C(C)O. The molecule has 0 saturated carbocycles. The number of aliphatic hydroxyl groups excluding tert-OH is 1. The van der Waals surface area contributed by atoms with E-state index < -0.39 is 59.9 Å². The van der Waals surface area contributed by atoms with E-state index in [4.69, 9.17) is 16.6 Å². The Bertz CT molecular complexity index is 638. The van der Waals surface area contributed by atoms with Gasteiger partial charge in [0, 0.05) is 6.42 Å². The molecule has 0 aliphatic carbocycles. The smallest absolute Gasteiger partial charge is 0.325 e. The van der Waals surface area contributed by atoms with Gasteiger partial charge in [0.2, 0.25) is 23.6 Å². The number of nitrogens with one attached hydrogen (secondary N) is 3. The van der Waals surface area contributed by atoms with Crippen molar-refractivity contribution in [2.24, 2.45) is 17.4 Å². The molecule has 0 aromatic heterocycles. The van der Waals surface area contributed by atoms with Crippen LogP contribution in [0.1, 0.15) is 47.0 Å². The van der Waals surface area contributed by atoms with Crippen molar-refractivity contribution in [1.29, 1.82) is 0 Å². The fraction of sp³-hybridized carbons (Fsp3) is 0.722. The van der Waals surface area contributed by atoms with Gasteiger partial charge in [-0.05, 0) is 32.6 Å². The van der Waals surface area contributed by atoms with Crippen LogP contribution in [-0.2, 0) is 24.0 Å². The number of carbonyl (C=O) groups is 5. The van der Waals surface area contributed by atoms with Crippen molar-refractivity contribution in [3.63, 3.8) is 0 Å². The van der Waals surface area contributed by atoms with Gasteiger partial charge in [-0.2, -0.15) is 0 Å². The van der Waals surface area contributed by atoms with Crippen LogP contribution in [-0.4, -0.2) is 70.1 Å². The Labute approximate surface area is 175 Å². The molecule has 12 heteroatoms. The van der Waals surface area contributed by atoms with E-state index in [2.05, 4.69) is 16.0 Å². The highest BCUT2D eigenvalue weighted by atomic mass is 16.4. The highest BCUT2D eigenvalue weighted by Crippen LogP contribution is 2.06. The maximum atomic E-state index is 12.6. The summed E-state index contributed by atoms with van der Waals surface area (Å²) in [5.74, 6) is -4.28. The molecule has 5 unspecified atom stereocenters. The molecule has 0 spiro atoms. The second-order valence-electron chi connectivity index (χ2n) is 7.60. The van der Waals surface area contributed by atoms with Crippen molar-refractivity contribution >= 4 is 29.6 Å². The normalized spacial score (nSPS) is 16.0. The van der Waals surface area contributed by atoms with Crippen molar-refractivity contribution in [3.8, 4) is 0 Å². The standard InChI is InChI=1S/C18H33N5O7/c1-8(2)7-11(19)15(26)22-12(5-6-13(20)25)16(27)23-14(10(4)24)17(28)21-9(3)18(29)30/h8-12,14,24H,5-7,19H2,1-4H3,(H2,20,25)(H,21,28)(H,22,26)(H,23,27)(H,29,30). The number of carbonyl (C=O) groups excluding carboxylic acids is 4. The largest absolute Gasteiger partial charge is 0.480 e. The van der Waals surface area contributed by atoms with Crippen molar-refractivity contribution < 1.29 is 34.2 Å². The first-order valence-corrected chi connectivity index (χ1v) is 9.62. The lowest BCUT2D eigenvalue weighted by Gasteiger charge is -2.26. The fourth-order valence-corrected chi connectivity index (χ4v) is 2.47. The Morgan fingerprint density at radius 1 is 0.900 bits per heavy atom. The van der Waals surface area contributed by atoms with E-state index in [1.54, 1.807) is 0 Å². The molecule has 0 bridgehead atoms. The van der Waals surface area contributed by atoms with Crippen LogP contribution in [0.15, 0.2) is 0 Å². The number of rotatable bonds is 13. The average Bonchev–Trinajstić information content (AvgIpc) is 2.61. The zero-order valence-electron chi connectivity index (χ0n) is 17.7. The van der Waals surface area contributed by atoms with Gasteiger partial charge in [0.05, 0.1) is 12.1 Å². The fourth-order valence-electron chi connectivity index (χ4n) is 2.47. The lowest BCUT2D eigenvalue weighted by molar-refractivity contribution is -0.142. The molecule has 0 aromatic rings. The second-order valence-corrected chi connectivity index (χ2v) is 7.60. The summed E-state index contributed by atoms with van der Waals surface area (Å²) in [6.45, 7) is 6.18. The van der Waals surface area contributed by atoms with Crippen molar-refractivity contribution in [2.45, 2.75) is 77.2 Å². The Kier molecular flexibility index (Phi) is 11.6. The van der Waals surface area contributed by atoms with Crippen LogP contribution in [0.4, 0.5) is 0 Å². The van der Waals surface area contributed by atoms with Crippen LogP contribution in [0, 0.1) is 5.92 Å². The Hall–Kier alpha value is -2.73. The molecule has 4 amide bonds. The first-order valence-electron chi connectivity index (χ1n) is 9.62. The number of carboxylic acid groups (broad SMARTS) is 1. The average molecular weight is 431 g/mol. The van der Waals surface area contributed by atoms with E-state index in [9.17, 15) is 29.1 Å². The summed E-state index contributed by atoms with van der Waals surface area (Å²) in [7, 11) is 0. The molecular formula is C18H33N5O7. The number of aliphatic hydroxyl groups is 1. The Balaban J connectivity index is 5.33. The van der Waals surface area contributed by atoms with E-state index in [1.165, 1.54) is 13.8 Å². The van der Waals surface area contributed by atoms with Crippen LogP contribution < -0.4 is 27.4 Å². The molecule has 0 fully saturated rings. The van der Waals surface area contributed by atoms with E-state index in [1.807, 2.05) is 13.8 Å². The van der Waals surface area contributed by atoms with Gasteiger partial charge in [-0.1, -0.05) is 13.8 Å². The Morgan fingerprint density at radius 3 is 1.90 bits per heavy atom. The van der Waals surface area contributed by atoms with E-state index in [0.717, 1.165) is 0 Å². The number of primary amides is 1. The van der Waals surface area contributed by atoms with Crippen LogP contribution in [0.3, 0.4) is 0 Å². The third kappa shape index (κ3) is 10.2. The molecule has 0 heterocycles. The number of amides is 4. The third-order valence-electron chi connectivity index (χ3n) is 4.17. The minimum absolute atomic E-state index is 0.128. The molecule has 0 aliphatic heterocycles. The highest BCUT2D eigenvalue weighted by molar-refractivity contribution is 5.94. The minimum Gasteiger partial charge on any atom is -0.480 e. The number of nitrogens with two attached hydrogens (primary N) is 2. The molecule has 5 atom stereocenters. The second kappa shape index (κ2) is 12.8. The lowest BCUT2D eigenvalue weighted by atomic mass is 10.0. The van der Waals surface area contributed by atoms with E-state index >= 15 is 0 Å². The van der Waals surface area contributed by atoms with Crippen LogP contribution >= 0.6 is 0 Å². The van der Waals surface area contributed by atoms with E-state index in [0.29, 0.717) is 6.42 Å². The summed E-state index contributed by atoms with van der Waals surface area (Å²) in [6, 6.07) is -4.87. The van der Waals surface area contributed by atoms with Gasteiger partial charge in [0.25, 0.3) is 0 Å². The summed E-state index contributed by atoms with van der Waals surface area (Å²) >= 11 is 0. The monoisotopic (exact) mass is 431 g/mol. The maximum Gasteiger partial charge on any atom is 0.325 e. The molecule has 0 radical (unpaired) electrons. The maximum absolute atomic E-state index is 12.6. The molecular weight excluding hydrogens is 398 g/mol. The molecule has 30 heavy (non-hydrogen) atoms. The van der Waals surface area contributed by atoms with Gasteiger partial charge in [-0.15, -0.1) is 0 Å². The number of hydrogen-bond donors (Lipinski definition) is 7. The van der Waals surface area contributed by atoms with Crippen molar-refractivity contribution in [2.75, 3.05) is 0 Å². The zero-order valence-corrected chi connectivity index (χ0v) is 17.7. The molecule has 0 rings (SSSR count). The van der Waals surface area contributed by atoms with Crippen molar-refractivity contribution in [3.05, 3.63) is 0 Å². The van der Waals surface area contributed by atoms with Crippen LogP contribution in [0.2, 0.25) is 0 Å². The lowest BCUT2D eigenvalue weighted by Crippen LogP contribution is -2.59. The van der Waals surface area contributed by atoms with Gasteiger partial charge in [0.15, 0.2) is 0 Å². The molecule has 0 saturated heterocycles. The predicted molar refractivity (Wildman–Crippen MR) is 107 cm³/mol. The zero-order chi connectivity index (χ0) is 23.6. The summed E-state index contributed by atoms with van der Waals surface area (Å²) in [5.41, 5.74) is 10.9. The summed E-state index contributed by atoms with van der Waals surface area (Å²) < 4.78 is 0. The first kappa shape index (κ1) is 27.3. The first-order chi connectivity index (χ1) is 13.8. The van der Waals surface area contributed by atoms with Crippen molar-refractivity contribution in [1.82, 2.24) is 16.0 Å². The van der Waals surface area contributed by atoms with Crippen LogP contribution in [0.25, 0.3) is 0 Å². The summed E-state index contributed by atoms with van der Waals surface area (Å²) in [6.07, 6.45) is -1.38. The Morgan fingerprint density at radius 2 is 1.47 bits per heavy atom. The molecule has 0 aromatic carbocycles. The molecule has 12 nitrogen and oxygen atoms in total. The quantitative estimate of drug-likeness (QED) is 0.166. The third-order valence-corrected chi connectivity index (χ3v) is 4.17. The van der Waals surface area contributed by atoms with Gasteiger partial charge in [-0.3, -0.25) is 24.0 Å². The highest BCUT2D eigenvalue weighted by Gasteiger charge is 2.32. The number of hydrogen-bond acceptors (Lipinski definition) is 7. The van der Waals surface area contributed by atoms with Gasteiger partial charge in [0.1, 0.15) is 18.1 Å². The minimum atomic E-state index is -1.49. The molecule has 172 valence electrons. The summed E-state index contributed by atoms with van der Waals surface area (Å²) in [5, 5.41) is 25.6. The van der Waals surface area contributed by atoms with Gasteiger partial charge < -0.3 is 37.6 Å².